The van der Waals surface area contributed by atoms with Crippen LogP contribution in [0, 0.1) is 12.8 Å². The van der Waals surface area contributed by atoms with Gasteiger partial charge >= 0.3 is 0 Å². The molecule has 0 radical (unpaired) electrons. The number of rotatable bonds is 5. The average Bonchev–Trinajstić information content (AvgIpc) is 2.51. The van der Waals surface area contributed by atoms with Crippen molar-refractivity contribution in [2.75, 3.05) is 0 Å². The van der Waals surface area contributed by atoms with E-state index < -0.39 is 0 Å². The lowest BCUT2D eigenvalue weighted by atomic mass is 9.84. The standard InChI is InChI=1S/C22H24Cl2/c1-14(2)22(16(4)12-18-7-10-19(23)11-8-18)17(5)21-13-20(24)9-6-15(21)3/h6-11,13,16H,1,12H2,2-5H3/b22-17-. The second-order valence-electron chi connectivity index (χ2n) is 6.51. The maximum absolute atomic E-state index is 6.21. The second kappa shape index (κ2) is 8.05. The molecule has 24 heavy (non-hydrogen) atoms. The van der Waals surface area contributed by atoms with E-state index in [4.69, 9.17) is 23.2 Å². The fraction of sp³-hybridized carbons (Fsp3) is 0.273. The van der Waals surface area contributed by atoms with Crippen molar-refractivity contribution in [3.63, 3.8) is 0 Å². The predicted molar refractivity (Wildman–Crippen MR) is 108 cm³/mol. The SMILES string of the molecule is C=C(C)/C(=C(\C)c1cc(Cl)ccc1C)C(C)Cc1ccc(Cl)cc1. The van der Waals surface area contributed by atoms with Crippen molar-refractivity contribution in [3.8, 4) is 0 Å². The molecule has 2 aromatic carbocycles. The van der Waals surface area contributed by atoms with Crippen molar-refractivity contribution < 1.29 is 0 Å². The third-order valence-corrected chi connectivity index (χ3v) is 4.90. The summed E-state index contributed by atoms with van der Waals surface area (Å²) >= 11 is 12.2. The van der Waals surface area contributed by atoms with E-state index in [-0.39, 0.29) is 0 Å². The third-order valence-electron chi connectivity index (χ3n) is 4.42. The van der Waals surface area contributed by atoms with E-state index in [2.05, 4.69) is 52.5 Å². The summed E-state index contributed by atoms with van der Waals surface area (Å²) < 4.78 is 0. The van der Waals surface area contributed by atoms with Crippen molar-refractivity contribution in [3.05, 3.63) is 86.9 Å². The zero-order valence-corrected chi connectivity index (χ0v) is 16.3. The van der Waals surface area contributed by atoms with Crippen LogP contribution in [-0.4, -0.2) is 0 Å². The molecule has 0 aliphatic heterocycles. The van der Waals surface area contributed by atoms with Crippen molar-refractivity contribution in [2.45, 2.75) is 34.1 Å². The quantitative estimate of drug-likeness (QED) is 0.484. The van der Waals surface area contributed by atoms with Crippen LogP contribution in [0.15, 0.2) is 60.2 Å². The smallest absolute Gasteiger partial charge is 0.0412 e. The summed E-state index contributed by atoms with van der Waals surface area (Å²) in [6, 6.07) is 14.1. The summed E-state index contributed by atoms with van der Waals surface area (Å²) in [6.07, 6.45) is 0.955. The molecule has 0 amide bonds. The van der Waals surface area contributed by atoms with Gasteiger partial charge in [0.25, 0.3) is 0 Å². The summed E-state index contributed by atoms with van der Waals surface area (Å²) in [5.41, 5.74) is 7.37. The lowest BCUT2D eigenvalue weighted by Crippen LogP contribution is -2.07. The molecule has 0 bridgehead atoms. The lowest BCUT2D eigenvalue weighted by Gasteiger charge is -2.21. The van der Waals surface area contributed by atoms with Gasteiger partial charge in [0.05, 0.1) is 0 Å². The Hall–Kier alpha value is -1.50. The molecule has 0 aliphatic carbocycles. The molecule has 2 aromatic rings. The molecule has 1 unspecified atom stereocenters. The zero-order valence-electron chi connectivity index (χ0n) is 14.8. The molecule has 0 aliphatic rings. The molecule has 0 aromatic heterocycles. The third kappa shape index (κ3) is 4.53. The van der Waals surface area contributed by atoms with Crippen LogP contribution in [0.25, 0.3) is 5.57 Å². The normalized spacial score (nSPS) is 13.4. The Morgan fingerprint density at radius 3 is 2.17 bits per heavy atom. The number of benzene rings is 2. The van der Waals surface area contributed by atoms with Gasteiger partial charge in [-0.2, -0.15) is 0 Å². The molecule has 126 valence electrons. The van der Waals surface area contributed by atoms with Gasteiger partial charge < -0.3 is 0 Å². The van der Waals surface area contributed by atoms with E-state index in [9.17, 15) is 0 Å². The van der Waals surface area contributed by atoms with Gasteiger partial charge in [-0.3, -0.25) is 0 Å². The largest absolute Gasteiger partial charge is 0.0958 e. The summed E-state index contributed by atoms with van der Waals surface area (Å²) in [4.78, 5) is 0. The summed E-state index contributed by atoms with van der Waals surface area (Å²) in [6.45, 7) is 12.8. The van der Waals surface area contributed by atoms with Crippen molar-refractivity contribution in [1.29, 1.82) is 0 Å². The molecule has 0 fully saturated rings. The Labute approximate surface area is 155 Å². The minimum absolute atomic E-state index is 0.363. The fourth-order valence-corrected chi connectivity index (χ4v) is 3.63. The molecule has 0 nitrogen and oxygen atoms in total. The molecule has 0 spiro atoms. The van der Waals surface area contributed by atoms with Gasteiger partial charge in [-0.05, 0) is 85.2 Å². The first-order chi connectivity index (χ1) is 11.3. The van der Waals surface area contributed by atoms with Gasteiger partial charge in [-0.1, -0.05) is 60.5 Å². The van der Waals surface area contributed by atoms with Gasteiger partial charge in [0.2, 0.25) is 0 Å². The van der Waals surface area contributed by atoms with E-state index in [0.717, 1.165) is 22.0 Å². The maximum atomic E-state index is 6.21. The average molecular weight is 359 g/mol. The van der Waals surface area contributed by atoms with Crippen LogP contribution in [0.5, 0.6) is 0 Å². The molecule has 2 heteroatoms. The molecular weight excluding hydrogens is 335 g/mol. The molecule has 0 saturated heterocycles. The van der Waals surface area contributed by atoms with E-state index in [0.29, 0.717) is 5.92 Å². The van der Waals surface area contributed by atoms with Crippen molar-refractivity contribution >= 4 is 28.8 Å². The topological polar surface area (TPSA) is 0 Å². The van der Waals surface area contributed by atoms with Crippen LogP contribution in [0.1, 0.15) is 37.5 Å². The van der Waals surface area contributed by atoms with E-state index in [1.165, 1.54) is 27.8 Å². The number of allylic oxidation sites excluding steroid dienone is 3. The van der Waals surface area contributed by atoms with E-state index in [1.54, 1.807) is 0 Å². The first kappa shape index (κ1) is 18.8. The molecule has 0 saturated carbocycles. The van der Waals surface area contributed by atoms with Crippen LogP contribution in [0.3, 0.4) is 0 Å². The minimum atomic E-state index is 0.363. The highest BCUT2D eigenvalue weighted by molar-refractivity contribution is 6.31. The van der Waals surface area contributed by atoms with Crippen LogP contribution < -0.4 is 0 Å². The van der Waals surface area contributed by atoms with Gasteiger partial charge in [-0.15, -0.1) is 0 Å². The van der Waals surface area contributed by atoms with Gasteiger partial charge in [0.1, 0.15) is 0 Å². The van der Waals surface area contributed by atoms with Crippen molar-refractivity contribution in [2.24, 2.45) is 5.92 Å². The molecule has 0 N–H and O–H groups in total. The van der Waals surface area contributed by atoms with Crippen LogP contribution in [0.2, 0.25) is 10.0 Å². The van der Waals surface area contributed by atoms with E-state index >= 15 is 0 Å². The number of hydrogen-bond acceptors (Lipinski definition) is 0. The van der Waals surface area contributed by atoms with E-state index in [1.807, 2.05) is 24.3 Å². The Morgan fingerprint density at radius 1 is 1.00 bits per heavy atom. The summed E-state index contributed by atoms with van der Waals surface area (Å²) in [7, 11) is 0. The first-order valence-electron chi connectivity index (χ1n) is 8.17. The molecule has 1 atom stereocenters. The molecule has 2 rings (SSSR count). The number of halogens is 2. The summed E-state index contributed by atoms with van der Waals surface area (Å²) in [5.74, 6) is 0.363. The highest BCUT2D eigenvalue weighted by atomic mass is 35.5. The van der Waals surface area contributed by atoms with Gasteiger partial charge in [0.15, 0.2) is 0 Å². The summed E-state index contributed by atoms with van der Waals surface area (Å²) in [5, 5.41) is 1.54. The Balaban J connectivity index is 2.41. The molecular formula is C22H24Cl2. The highest BCUT2D eigenvalue weighted by Crippen LogP contribution is 2.33. The highest BCUT2D eigenvalue weighted by Gasteiger charge is 2.16. The first-order valence-corrected chi connectivity index (χ1v) is 8.92. The monoisotopic (exact) mass is 358 g/mol. The van der Waals surface area contributed by atoms with Crippen LogP contribution in [-0.2, 0) is 6.42 Å². The van der Waals surface area contributed by atoms with Crippen molar-refractivity contribution in [1.82, 2.24) is 0 Å². The Bertz CT molecular complexity index is 767. The van der Waals surface area contributed by atoms with Crippen LogP contribution in [0.4, 0.5) is 0 Å². The lowest BCUT2D eigenvalue weighted by molar-refractivity contribution is 0.686. The second-order valence-corrected chi connectivity index (χ2v) is 7.38. The van der Waals surface area contributed by atoms with Crippen LogP contribution >= 0.6 is 23.2 Å². The van der Waals surface area contributed by atoms with Gasteiger partial charge in [0, 0.05) is 10.0 Å². The zero-order chi connectivity index (χ0) is 17.9. The number of aryl methyl sites for hydroxylation is 1. The fourth-order valence-electron chi connectivity index (χ4n) is 3.33. The number of hydrogen-bond donors (Lipinski definition) is 0. The maximum Gasteiger partial charge on any atom is 0.0412 e. The predicted octanol–water partition coefficient (Wildman–Crippen LogP) is 7.53. The Kier molecular flexibility index (Phi) is 6.32. The molecule has 0 heterocycles. The minimum Gasteiger partial charge on any atom is -0.0958 e. The van der Waals surface area contributed by atoms with Gasteiger partial charge in [-0.25, -0.2) is 0 Å². The Morgan fingerprint density at radius 2 is 1.58 bits per heavy atom.